The van der Waals surface area contributed by atoms with Gasteiger partial charge in [0, 0.05) is 29.9 Å². The van der Waals surface area contributed by atoms with Crippen LogP contribution in [0, 0.1) is 22.7 Å². The predicted molar refractivity (Wildman–Crippen MR) is 100 cm³/mol. The molecule has 0 N–H and O–H groups in total. The fourth-order valence-corrected chi connectivity index (χ4v) is 6.97. The van der Waals surface area contributed by atoms with Gasteiger partial charge in [-0.3, -0.25) is 9.59 Å². The summed E-state index contributed by atoms with van der Waals surface area (Å²) in [7, 11) is -3.06. The zero-order valence-corrected chi connectivity index (χ0v) is 16.5. The van der Waals surface area contributed by atoms with Crippen LogP contribution in [0.25, 0.3) is 0 Å². The molecule has 4 aliphatic carbocycles. The summed E-state index contributed by atoms with van der Waals surface area (Å²) >= 11 is 0. The minimum atomic E-state index is -3.06. The van der Waals surface area contributed by atoms with E-state index < -0.39 is 9.84 Å². The van der Waals surface area contributed by atoms with Crippen molar-refractivity contribution < 1.29 is 18.0 Å². The molecule has 0 amide bonds. The molecule has 0 saturated heterocycles. The van der Waals surface area contributed by atoms with Gasteiger partial charge in [-0.1, -0.05) is 24.1 Å². The molecule has 26 heavy (non-hydrogen) atoms. The summed E-state index contributed by atoms with van der Waals surface area (Å²) in [6.07, 6.45) is 11.4. The lowest BCUT2D eigenvalue weighted by Crippen LogP contribution is -2.46. The summed E-state index contributed by atoms with van der Waals surface area (Å²) in [6, 6.07) is 0. The molecule has 4 nitrogen and oxygen atoms in total. The molecule has 4 atom stereocenters. The lowest BCUT2D eigenvalue weighted by molar-refractivity contribution is -0.127. The Labute approximate surface area is 156 Å². The maximum Gasteiger partial charge on any atom is 0.155 e. The van der Waals surface area contributed by atoms with Crippen molar-refractivity contribution >= 4 is 21.4 Å². The summed E-state index contributed by atoms with van der Waals surface area (Å²) in [4.78, 5) is 24.5. The van der Waals surface area contributed by atoms with Crippen LogP contribution in [0.5, 0.6) is 0 Å². The average Bonchev–Trinajstić information content (AvgIpc) is 2.88. The van der Waals surface area contributed by atoms with Crippen LogP contribution >= 0.6 is 0 Å². The topological polar surface area (TPSA) is 68.3 Å². The number of allylic oxidation sites excluding steroid dienone is 4. The van der Waals surface area contributed by atoms with Gasteiger partial charge in [-0.15, -0.1) is 0 Å². The van der Waals surface area contributed by atoms with Gasteiger partial charge in [0.05, 0.1) is 5.75 Å². The molecule has 0 radical (unpaired) electrons. The highest BCUT2D eigenvalue weighted by atomic mass is 32.2. The molecule has 0 spiro atoms. The van der Waals surface area contributed by atoms with Gasteiger partial charge in [0.2, 0.25) is 0 Å². The van der Waals surface area contributed by atoms with Gasteiger partial charge >= 0.3 is 0 Å². The SMILES string of the molecule is C[C@]12CC=C3[C@@H](CCC4=CC(=O)CC[C@@]43CCS(C)(=O)=O)[C@@H]1CCC2=O. The van der Waals surface area contributed by atoms with Crippen LogP contribution in [-0.2, 0) is 19.4 Å². The molecule has 0 aromatic rings. The molecule has 4 rings (SSSR count). The van der Waals surface area contributed by atoms with Crippen LogP contribution in [0.1, 0.15) is 58.3 Å². The first-order valence-electron chi connectivity index (χ1n) is 9.81. The normalized spacial score (nSPS) is 39.6. The molecular weight excluding hydrogens is 348 g/mol. The smallest absolute Gasteiger partial charge is 0.155 e. The lowest BCUT2D eigenvalue weighted by Gasteiger charge is -2.53. The first kappa shape index (κ1) is 18.1. The summed E-state index contributed by atoms with van der Waals surface area (Å²) in [5.74, 6) is 1.46. The molecular formula is C21H28O4S. The van der Waals surface area contributed by atoms with E-state index in [2.05, 4.69) is 13.0 Å². The van der Waals surface area contributed by atoms with Gasteiger partial charge in [0.25, 0.3) is 0 Å². The largest absolute Gasteiger partial charge is 0.299 e. The lowest BCUT2D eigenvalue weighted by atomic mass is 9.50. The summed E-state index contributed by atoms with van der Waals surface area (Å²) < 4.78 is 23.8. The summed E-state index contributed by atoms with van der Waals surface area (Å²) in [5, 5.41) is 0. The van der Waals surface area contributed by atoms with E-state index in [9.17, 15) is 18.0 Å². The van der Waals surface area contributed by atoms with Gasteiger partial charge in [0.1, 0.15) is 15.6 Å². The fourth-order valence-electron chi connectivity index (χ4n) is 6.25. The van der Waals surface area contributed by atoms with Crippen molar-refractivity contribution in [3.8, 4) is 0 Å². The first-order chi connectivity index (χ1) is 12.2. The Morgan fingerprint density at radius 2 is 1.92 bits per heavy atom. The van der Waals surface area contributed by atoms with Crippen molar-refractivity contribution in [3.63, 3.8) is 0 Å². The standard InChI is InChI=1S/C21H28O4S/c1-20-9-8-18-16(17(20)5-6-19(20)23)4-3-14-13-15(22)7-10-21(14,18)11-12-26(2,24)25/h8,13,16-17H,3-7,9-12H2,1-2H3/t16-,17-,20-,21+/m0/s1. The maximum atomic E-state index is 12.5. The third-order valence-electron chi connectivity index (χ3n) is 7.69. The van der Waals surface area contributed by atoms with Gasteiger partial charge in [0.15, 0.2) is 5.78 Å². The second-order valence-corrected chi connectivity index (χ2v) is 11.4. The molecule has 5 heteroatoms. The second-order valence-electron chi connectivity index (χ2n) is 9.09. The van der Waals surface area contributed by atoms with Crippen molar-refractivity contribution in [3.05, 3.63) is 23.3 Å². The fraction of sp³-hybridized carbons (Fsp3) is 0.714. The highest BCUT2D eigenvalue weighted by Crippen LogP contribution is 2.63. The van der Waals surface area contributed by atoms with Crippen molar-refractivity contribution in [1.82, 2.24) is 0 Å². The van der Waals surface area contributed by atoms with Crippen LogP contribution in [-0.4, -0.2) is 32.0 Å². The van der Waals surface area contributed by atoms with Crippen LogP contribution in [0.15, 0.2) is 23.3 Å². The average molecular weight is 377 g/mol. The molecule has 0 aromatic carbocycles. The van der Waals surface area contributed by atoms with E-state index in [4.69, 9.17) is 0 Å². The van der Waals surface area contributed by atoms with Crippen LogP contribution in [0.2, 0.25) is 0 Å². The highest BCUT2D eigenvalue weighted by molar-refractivity contribution is 7.90. The quantitative estimate of drug-likeness (QED) is 0.708. The van der Waals surface area contributed by atoms with Crippen molar-refractivity contribution in [1.29, 1.82) is 0 Å². The number of Topliss-reactive ketones (excluding diaryl/α,β-unsaturated/α-hetero) is 1. The Morgan fingerprint density at radius 3 is 2.65 bits per heavy atom. The number of hydrogen-bond donors (Lipinski definition) is 0. The molecule has 0 unspecified atom stereocenters. The van der Waals surface area contributed by atoms with E-state index in [-0.39, 0.29) is 22.4 Å². The zero-order chi connectivity index (χ0) is 18.7. The van der Waals surface area contributed by atoms with Crippen molar-refractivity contribution in [2.24, 2.45) is 22.7 Å². The van der Waals surface area contributed by atoms with E-state index in [0.29, 0.717) is 36.9 Å². The summed E-state index contributed by atoms with van der Waals surface area (Å²) in [5.41, 5.74) is 1.99. The van der Waals surface area contributed by atoms with Gasteiger partial charge in [-0.25, -0.2) is 8.42 Å². The maximum absolute atomic E-state index is 12.5. The van der Waals surface area contributed by atoms with Crippen LogP contribution < -0.4 is 0 Å². The third kappa shape index (κ3) is 2.65. The van der Waals surface area contributed by atoms with E-state index in [1.54, 1.807) is 6.08 Å². The summed E-state index contributed by atoms with van der Waals surface area (Å²) in [6.45, 7) is 2.12. The molecule has 0 aromatic heterocycles. The molecule has 2 fully saturated rings. The van der Waals surface area contributed by atoms with E-state index in [0.717, 1.165) is 37.7 Å². The van der Waals surface area contributed by atoms with Crippen molar-refractivity contribution in [2.45, 2.75) is 58.3 Å². The van der Waals surface area contributed by atoms with E-state index in [1.165, 1.54) is 11.8 Å². The third-order valence-corrected chi connectivity index (χ3v) is 8.64. The molecule has 2 saturated carbocycles. The Morgan fingerprint density at radius 1 is 1.15 bits per heavy atom. The Hall–Kier alpha value is -1.23. The monoisotopic (exact) mass is 376 g/mol. The van der Waals surface area contributed by atoms with Gasteiger partial charge in [-0.05, 0) is 56.4 Å². The number of ketones is 2. The Balaban J connectivity index is 1.78. The number of hydrogen-bond acceptors (Lipinski definition) is 4. The van der Waals surface area contributed by atoms with Crippen LogP contribution in [0.4, 0.5) is 0 Å². The minimum absolute atomic E-state index is 0.156. The number of sulfone groups is 1. The number of fused-ring (bicyclic) bond motifs is 5. The van der Waals surface area contributed by atoms with E-state index >= 15 is 0 Å². The molecule has 0 bridgehead atoms. The van der Waals surface area contributed by atoms with Gasteiger partial charge in [-0.2, -0.15) is 0 Å². The second kappa shape index (κ2) is 5.88. The predicted octanol–water partition coefficient (Wildman–Crippen LogP) is 3.42. The number of carbonyl (C=O) groups is 2. The Bertz CT molecular complexity index is 834. The molecule has 142 valence electrons. The number of carbonyl (C=O) groups excluding carboxylic acids is 2. The number of rotatable bonds is 3. The van der Waals surface area contributed by atoms with E-state index in [1.807, 2.05) is 0 Å². The minimum Gasteiger partial charge on any atom is -0.299 e. The molecule has 0 aliphatic heterocycles. The van der Waals surface area contributed by atoms with Gasteiger partial charge < -0.3 is 0 Å². The highest BCUT2D eigenvalue weighted by Gasteiger charge is 2.56. The Kier molecular flexibility index (Phi) is 4.11. The molecule has 0 heterocycles. The van der Waals surface area contributed by atoms with Crippen molar-refractivity contribution in [2.75, 3.05) is 12.0 Å². The molecule has 4 aliphatic rings. The van der Waals surface area contributed by atoms with Crippen LogP contribution in [0.3, 0.4) is 0 Å². The zero-order valence-electron chi connectivity index (χ0n) is 15.7. The first-order valence-corrected chi connectivity index (χ1v) is 11.9.